The van der Waals surface area contributed by atoms with Crippen LogP contribution in [-0.4, -0.2) is 47.7 Å². The first-order valence-corrected chi connectivity index (χ1v) is 11.9. The third-order valence-corrected chi connectivity index (χ3v) is 7.02. The Kier molecular flexibility index (Phi) is 6.68. The van der Waals surface area contributed by atoms with Gasteiger partial charge in [-0.15, -0.1) is 0 Å². The summed E-state index contributed by atoms with van der Waals surface area (Å²) in [4.78, 5) is 31.1. The van der Waals surface area contributed by atoms with E-state index >= 15 is 0 Å². The van der Waals surface area contributed by atoms with Crippen LogP contribution in [0.15, 0.2) is 12.1 Å². The lowest BCUT2D eigenvalue weighted by Crippen LogP contribution is -2.35. The number of rotatable bonds is 8. The van der Waals surface area contributed by atoms with E-state index in [1.807, 2.05) is 12.1 Å². The van der Waals surface area contributed by atoms with Gasteiger partial charge in [0.2, 0.25) is 5.88 Å². The molecule has 3 atom stereocenters. The number of aromatic nitrogens is 1. The van der Waals surface area contributed by atoms with Gasteiger partial charge in [-0.3, -0.25) is 9.59 Å². The highest BCUT2D eigenvalue weighted by molar-refractivity contribution is 5.96. The summed E-state index contributed by atoms with van der Waals surface area (Å²) in [6.07, 6.45) is 7.76. The summed E-state index contributed by atoms with van der Waals surface area (Å²) in [5, 5.41) is 12.5. The Morgan fingerprint density at radius 3 is 2.45 bits per heavy atom. The summed E-state index contributed by atoms with van der Waals surface area (Å²) in [6.45, 7) is 6.20. The number of nitrogens with zero attached hydrogens (tertiary/aromatic N) is 2. The Labute approximate surface area is 184 Å². The largest absolute Gasteiger partial charge is 0.481 e. The quantitative estimate of drug-likeness (QED) is 0.612. The Hall–Kier alpha value is -2.31. The second-order valence-corrected chi connectivity index (χ2v) is 9.81. The standard InChI is InChI=1S/C24H35N3O4/c1-15(2)11-12-31-23-17(22(28)25-16-7-5-3-4-6-8-16)9-10-20(26-23)27-13-18-19(14-27)21(18)24(29)30/h9-10,15-16,18-19,21H,3-8,11-14H2,1-2H3,(H,25,28)(H,29,30)/t18-,19+,21?. The third kappa shape index (κ3) is 5.13. The van der Waals surface area contributed by atoms with Crippen molar-refractivity contribution in [2.45, 2.75) is 64.8 Å². The molecule has 2 N–H and O–H groups in total. The number of anilines is 1. The van der Waals surface area contributed by atoms with Crippen LogP contribution in [0.4, 0.5) is 5.82 Å². The van der Waals surface area contributed by atoms with E-state index in [1.165, 1.54) is 12.8 Å². The van der Waals surface area contributed by atoms with E-state index in [0.717, 1.165) is 37.9 Å². The fourth-order valence-corrected chi connectivity index (χ4v) is 5.05. The van der Waals surface area contributed by atoms with Crippen molar-refractivity contribution in [2.24, 2.45) is 23.7 Å². The van der Waals surface area contributed by atoms with Gasteiger partial charge in [-0.1, -0.05) is 39.5 Å². The van der Waals surface area contributed by atoms with Gasteiger partial charge in [0.1, 0.15) is 11.4 Å². The van der Waals surface area contributed by atoms with Crippen LogP contribution in [-0.2, 0) is 4.79 Å². The van der Waals surface area contributed by atoms with E-state index in [9.17, 15) is 14.7 Å². The molecule has 2 heterocycles. The molecular weight excluding hydrogens is 394 g/mol. The number of nitrogens with one attached hydrogen (secondary N) is 1. The van der Waals surface area contributed by atoms with Crippen molar-refractivity contribution >= 4 is 17.7 Å². The van der Waals surface area contributed by atoms with Gasteiger partial charge in [0.05, 0.1) is 12.5 Å². The highest BCUT2D eigenvalue weighted by atomic mass is 16.5. The van der Waals surface area contributed by atoms with Gasteiger partial charge in [-0.2, -0.15) is 4.98 Å². The highest BCUT2D eigenvalue weighted by Crippen LogP contribution is 2.52. The number of ether oxygens (including phenoxy) is 1. The molecule has 0 radical (unpaired) electrons. The predicted octanol–water partition coefficient (Wildman–Crippen LogP) is 3.73. The second kappa shape index (κ2) is 9.45. The molecule has 7 nitrogen and oxygen atoms in total. The van der Waals surface area contributed by atoms with Gasteiger partial charge in [0, 0.05) is 19.1 Å². The summed E-state index contributed by atoms with van der Waals surface area (Å²) >= 11 is 0. The van der Waals surface area contributed by atoms with Crippen LogP contribution in [0.25, 0.3) is 0 Å². The van der Waals surface area contributed by atoms with Crippen molar-refractivity contribution in [1.29, 1.82) is 0 Å². The Balaban J connectivity index is 1.46. The van der Waals surface area contributed by atoms with Crippen molar-refractivity contribution in [1.82, 2.24) is 10.3 Å². The Morgan fingerprint density at radius 1 is 1.16 bits per heavy atom. The van der Waals surface area contributed by atoms with Gasteiger partial charge in [0.25, 0.3) is 5.91 Å². The molecule has 0 bridgehead atoms. The number of hydrogen-bond acceptors (Lipinski definition) is 5. The zero-order chi connectivity index (χ0) is 22.0. The molecule has 1 saturated heterocycles. The molecule has 0 spiro atoms. The molecule has 1 aromatic heterocycles. The molecule has 1 aromatic rings. The lowest BCUT2D eigenvalue weighted by Gasteiger charge is -2.22. The lowest BCUT2D eigenvalue weighted by atomic mass is 10.1. The molecule has 7 heteroatoms. The minimum Gasteiger partial charge on any atom is -0.481 e. The number of carbonyl (C=O) groups excluding carboxylic acids is 1. The van der Waals surface area contributed by atoms with E-state index in [1.54, 1.807) is 0 Å². The van der Waals surface area contributed by atoms with Crippen LogP contribution in [0.5, 0.6) is 5.88 Å². The Bertz CT molecular complexity index is 792. The predicted molar refractivity (Wildman–Crippen MR) is 118 cm³/mol. The molecule has 3 fully saturated rings. The number of amides is 1. The number of carboxylic acids is 1. The average molecular weight is 430 g/mol. The van der Waals surface area contributed by atoms with Crippen LogP contribution >= 0.6 is 0 Å². The van der Waals surface area contributed by atoms with Crippen LogP contribution in [0.1, 0.15) is 69.2 Å². The van der Waals surface area contributed by atoms with E-state index in [2.05, 4.69) is 24.1 Å². The fraction of sp³-hybridized carbons (Fsp3) is 0.708. The number of hydrogen-bond donors (Lipinski definition) is 2. The smallest absolute Gasteiger partial charge is 0.307 e. The first-order chi connectivity index (χ1) is 14.9. The summed E-state index contributed by atoms with van der Waals surface area (Å²) in [7, 11) is 0. The molecule has 4 rings (SSSR count). The minimum absolute atomic E-state index is 0.110. The molecule has 2 aliphatic carbocycles. The van der Waals surface area contributed by atoms with Gasteiger partial charge >= 0.3 is 5.97 Å². The molecule has 3 aliphatic rings. The molecule has 1 amide bonds. The molecule has 31 heavy (non-hydrogen) atoms. The normalized spacial score (nSPS) is 25.8. The maximum absolute atomic E-state index is 13.0. The van der Waals surface area contributed by atoms with Crippen molar-refractivity contribution in [3.05, 3.63) is 17.7 Å². The van der Waals surface area contributed by atoms with Gasteiger partial charge in [-0.25, -0.2) is 0 Å². The molecule has 2 saturated carbocycles. The van der Waals surface area contributed by atoms with E-state index < -0.39 is 5.97 Å². The average Bonchev–Trinajstić information content (AvgIpc) is 3.35. The summed E-state index contributed by atoms with van der Waals surface area (Å²) in [6, 6.07) is 3.91. The van der Waals surface area contributed by atoms with Crippen LogP contribution in [0.2, 0.25) is 0 Å². The molecule has 1 aliphatic heterocycles. The van der Waals surface area contributed by atoms with Crippen molar-refractivity contribution in [3.8, 4) is 5.88 Å². The van der Waals surface area contributed by atoms with Crippen LogP contribution in [0.3, 0.4) is 0 Å². The summed E-state index contributed by atoms with van der Waals surface area (Å²) in [5.41, 5.74) is 0.490. The number of pyridine rings is 1. The van der Waals surface area contributed by atoms with Crippen molar-refractivity contribution < 1.29 is 19.4 Å². The van der Waals surface area contributed by atoms with E-state index in [4.69, 9.17) is 9.72 Å². The minimum atomic E-state index is -0.689. The van der Waals surface area contributed by atoms with Crippen LogP contribution < -0.4 is 15.0 Å². The number of fused-ring (bicyclic) bond motifs is 1. The van der Waals surface area contributed by atoms with E-state index in [-0.39, 0.29) is 29.7 Å². The lowest BCUT2D eigenvalue weighted by molar-refractivity contribution is -0.139. The number of piperidine rings is 1. The van der Waals surface area contributed by atoms with Crippen molar-refractivity contribution in [2.75, 3.05) is 24.6 Å². The van der Waals surface area contributed by atoms with Gasteiger partial charge in [0.15, 0.2) is 0 Å². The number of carbonyl (C=O) groups is 2. The van der Waals surface area contributed by atoms with Crippen molar-refractivity contribution in [3.63, 3.8) is 0 Å². The maximum Gasteiger partial charge on any atom is 0.307 e. The maximum atomic E-state index is 13.0. The highest BCUT2D eigenvalue weighted by Gasteiger charge is 2.60. The van der Waals surface area contributed by atoms with Gasteiger partial charge in [-0.05, 0) is 49.1 Å². The fourth-order valence-electron chi connectivity index (χ4n) is 5.05. The summed E-state index contributed by atoms with van der Waals surface area (Å²) in [5.74, 6) is 1.08. The first-order valence-electron chi connectivity index (χ1n) is 11.9. The molecule has 0 aromatic carbocycles. The topological polar surface area (TPSA) is 91.8 Å². The second-order valence-electron chi connectivity index (χ2n) is 9.81. The number of aliphatic carboxylic acids is 1. The summed E-state index contributed by atoms with van der Waals surface area (Å²) < 4.78 is 5.99. The zero-order valence-corrected chi connectivity index (χ0v) is 18.7. The number of carboxylic acid groups (broad SMARTS) is 1. The van der Waals surface area contributed by atoms with Gasteiger partial charge < -0.3 is 20.1 Å². The monoisotopic (exact) mass is 429 g/mol. The molecular formula is C24H35N3O4. The molecule has 170 valence electrons. The van der Waals surface area contributed by atoms with E-state index in [0.29, 0.717) is 37.1 Å². The third-order valence-electron chi connectivity index (χ3n) is 7.02. The first kappa shape index (κ1) is 21.9. The SMILES string of the molecule is CC(C)CCOc1nc(N2C[C@@H]3C(C(=O)O)[C@@H]3C2)ccc1C(=O)NC1CCCCCC1. The van der Waals surface area contributed by atoms with Crippen LogP contribution in [0, 0.1) is 23.7 Å². The molecule has 1 unspecified atom stereocenters. The Morgan fingerprint density at radius 2 is 1.84 bits per heavy atom. The zero-order valence-electron chi connectivity index (χ0n) is 18.7.